The quantitative estimate of drug-likeness (QED) is 0.0443. The highest BCUT2D eigenvalue weighted by Crippen LogP contribution is 2.46. The molecular weight excluding hydrogens is 642 g/mol. The number of benzene rings is 3. The van der Waals surface area contributed by atoms with Crippen molar-refractivity contribution in [2.24, 2.45) is 0 Å². The highest BCUT2D eigenvalue weighted by atomic mass is 16.7. The van der Waals surface area contributed by atoms with Crippen LogP contribution in [0.15, 0.2) is 91.0 Å². The number of anilines is 1. The van der Waals surface area contributed by atoms with Crippen molar-refractivity contribution < 1.29 is 28.6 Å². The van der Waals surface area contributed by atoms with Gasteiger partial charge < -0.3 is 19.1 Å². The molecule has 0 bridgehead atoms. The first-order valence-electron chi connectivity index (χ1n) is 18.2. The normalized spacial score (nSPS) is 14.2. The third-order valence-corrected chi connectivity index (χ3v) is 9.61. The van der Waals surface area contributed by atoms with Gasteiger partial charge in [0.25, 0.3) is 11.8 Å². The molecule has 2 aliphatic heterocycles. The van der Waals surface area contributed by atoms with E-state index in [4.69, 9.17) is 14.2 Å². The van der Waals surface area contributed by atoms with E-state index in [0.717, 1.165) is 30.4 Å². The fraction of sp³-hybridized carbons (Fsp3) is 0.381. The molecule has 1 aromatic heterocycles. The lowest BCUT2D eigenvalue weighted by Gasteiger charge is -2.27. The van der Waals surface area contributed by atoms with Crippen LogP contribution in [0.1, 0.15) is 103 Å². The van der Waals surface area contributed by atoms with Crippen molar-refractivity contribution in [2.75, 3.05) is 18.7 Å². The van der Waals surface area contributed by atoms with E-state index in [-0.39, 0.29) is 30.1 Å². The molecule has 0 saturated carbocycles. The van der Waals surface area contributed by atoms with Crippen LogP contribution in [0.4, 0.5) is 5.69 Å². The van der Waals surface area contributed by atoms with E-state index >= 15 is 0 Å². The summed E-state index contributed by atoms with van der Waals surface area (Å²) in [6.07, 6.45) is 13.7. The summed E-state index contributed by atoms with van der Waals surface area (Å²) < 4.78 is 17.3. The van der Waals surface area contributed by atoms with Crippen LogP contribution in [0.3, 0.4) is 0 Å². The summed E-state index contributed by atoms with van der Waals surface area (Å²) in [6, 6.07) is 22.4. The fourth-order valence-electron chi connectivity index (χ4n) is 7.05. The van der Waals surface area contributed by atoms with Gasteiger partial charge >= 0.3 is 5.97 Å². The zero-order valence-corrected chi connectivity index (χ0v) is 29.6. The van der Waals surface area contributed by atoms with Crippen molar-refractivity contribution in [2.45, 2.75) is 90.1 Å². The Kier molecular flexibility index (Phi) is 12.0. The Morgan fingerprint density at radius 3 is 2.16 bits per heavy atom. The van der Waals surface area contributed by atoms with E-state index in [1.807, 2.05) is 78.7 Å². The predicted molar refractivity (Wildman–Crippen MR) is 197 cm³/mol. The third-order valence-electron chi connectivity index (χ3n) is 9.61. The van der Waals surface area contributed by atoms with Crippen LogP contribution in [0.2, 0.25) is 0 Å². The Hall–Kier alpha value is -5.18. The summed E-state index contributed by atoms with van der Waals surface area (Å²) in [5.74, 6) is -1.12. The van der Waals surface area contributed by atoms with Crippen molar-refractivity contribution in [1.82, 2.24) is 9.88 Å². The number of hydrogen-bond donors (Lipinski definition) is 0. The average Bonchev–Trinajstić information content (AvgIpc) is 3.77. The van der Waals surface area contributed by atoms with Crippen LogP contribution >= 0.6 is 0 Å². The number of amides is 2. The zero-order valence-electron chi connectivity index (χ0n) is 29.6. The Morgan fingerprint density at radius 2 is 1.49 bits per heavy atom. The molecule has 9 nitrogen and oxygen atoms in total. The van der Waals surface area contributed by atoms with Gasteiger partial charge in [0.15, 0.2) is 11.5 Å². The summed E-state index contributed by atoms with van der Waals surface area (Å²) in [5.41, 5.74) is 3.07. The number of unbranched alkanes of at least 4 members (excludes halogenated alkanes) is 8. The maximum absolute atomic E-state index is 14.8. The number of carbonyl (C=O) groups excluding carboxylic acids is 3. The van der Waals surface area contributed by atoms with Gasteiger partial charge in [0.1, 0.15) is 17.8 Å². The molecule has 266 valence electrons. The third kappa shape index (κ3) is 8.25. The molecule has 0 N–H and O–H groups in total. The van der Waals surface area contributed by atoms with E-state index in [1.54, 1.807) is 12.3 Å². The lowest BCUT2D eigenvalue weighted by molar-refractivity contribution is -0.134. The highest BCUT2D eigenvalue weighted by molar-refractivity contribution is 6.29. The largest absolute Gasteiger partial charge is 0.462 e. The minimum absolute atomic E-state index is 0.00954. The summed E-state index contributed by atoms with van der Waals surface area (Å²) in [7, 11) is 1.89. The molecule has 51 heavy (non-hydrogen) atoms. The molecule has 3 aromatic carbocycles. The van der Waals surface area contributed by atoms with Gasteiger partial charge in [-0.3, -0.25) is 24.3 Å². The summed E-state index contributed by atoms with van der Waals surface area (Å²) >= 11 is 0. The molecule has 0 aliphatic carbocycles. The SMILES string of the molecule is CCCCCCCCCCCC(=O)Oc1c2c(c(N(C)Cc3ccccc3)c3cccnc13)C(=O)N(C(Cc1ccccc1)C1=COCO1)C2=O. The maximum Gasteiger partial charge on any atom is 0.311 e. The number of pyridine rings is 1. The van der Waals surface area contributed by atoms with Gasteiger partial charge in [-0.25, -0.2) is 0 Å². The van der Waals surface area contributed by atoms with Gasteiger partial charge in [-0.2, -0.15) is 0 Å². The summed E-state index contributed by atoms with van der Waals surface area (Å²) in [4.78, 5) is 50.8. The van der Waals surface area contributed by atoms with Crippen LogP contribution in [-0.4, -0.2) is 47.6 Å². The lowest BCUT2D eigenvalue weighted by Crippen LogP contribution is -2.42. The van der Waals surface area contributed by atoms with Crippen LogP contribution in [0.25, 0.3) is 10.9 Å². The van der Waals surface area contributed by atoms with Gasteiger partial charge in [0, 0.05) is 38.0 Å². The summed E-state index contributed by atoms with van der Waals surface area (Å²) in [6.45, 7) is 2.67. The van der Waals surface area contributed by atoms with E-state index in [0.29, 0.717) is 41.7 Å². The number of nitrogens with zero attached hydrogens (tertiary/aromatic N) is 3. The molecule has 3 heterocycles. The Bertz CT molecular complexity index is 1860. The van der Waals surface area contributed by atoms with Crippen molar-refractivity contribution in [3.05, 3.63) is 113 Å². The van der Waals surface area contributed by atoms with E-state index in [1.165, 1.54) is 43.3 Å². The molecule has 0 spiro atoms. The number of fused-ring (bicyclic) bond motifs is 2. The van der Waals surface area contributed by atoms with Gasteiger partial charge in [0.05, 0.1) is 16.8 Å². The van der Waals surface area contributed by atoms with Crippen molar-refractivity contribution >= 4 is 34.4 Å². The molecule has 2 aliphatic rings. The molecule has 1 unspecified atom stereocenters. The average molecular weight is 690 g/mol. The Balaban J connectivity index is 1.35. The first kappa shape index (κ1) is 35.6. The zero-order chi connectivity index (χ0) is 35.6. The monoisotopic (exact) mass is 689 g/mol. The number of carbonyl (C=O) groups is 3. The molecule has 0 saturated heterocycles. The first-order valence-corrected chi connectivity index (χ1v) is 18.2. The van der Waals surface area contributed by atoms with Crippen LogP contribution < -0.4 is 9.64 Å². The van der Waals surface area contributed by atoms with Gasteiger partial charge in [-0.05, 0) is 29.7 Å². The van der Waals surface area contributed by atoms with E-state index < -0.39 is 23.8 Å². The predicted octanol–water partition coefficient (Wildman–Crippen LogP) is 8.75. The molecule has 6 rings (SSSR count). The molecular formula is C42H47N3O6. The standard InChI is InChI=1S/C42H47N3O6/c1-3-4-5-6-7-8-9-10-17-24-35(46)51-40-37-36(39(32-23-18-25-43-38(32)40)44(2)27-31-21-15-12-16-22-31)41(47)45(42(37)48)33(34-28-49-29-50-34)26-30-19-13-11-14-20-30/h11-16,18-23,25,28,33H,3-10,17,24,26-27,29H2,1-2H3. The highest BCUT2D eigenvalue weighted by Gasteiger charge is 2.48. The summed E-state index contributed by atoms with van der Waals surface area (Å²) in [5, 5.41) is 0.614. The second-order valence-corrected chi connectivity index (χ2v) is 13.4. The van der Waals surface area contributed by atoms with Crippen LogP contribution in [0, 0.1) is 0 Å². The second kappa shape index (κ2) is 17.2. The first-order chi connectivity index (χ1) is 25.0. The Morgan fingerprint density at radius 1 is 0.843 bits per heavy atom. The maximum atomic E-state index is 14.8. The molecule has 1 atom stereocenters. The Labute approximate surface area is 300 Å². The van der Waals surface area contributed by atoms with Crippen molar-refractivity contribution in [3.8, 4) is 5.75 Å². The molecule has 4 aromatic rings. The minimum atomic E-state index is -0.795. The lowest BCUT2D eigenvalue weighted by atomic mass is 9.99. The fourth-order valence-corrected chi connectivity index (χ4v) is 7.05. The van der Waals surface area contributed by atoms with Gasteiger partial charge in [-0.15, -0.1) is 0 Å². The van der Waals surface area contributed by atoms with Crippen LogP contribution in [-0.2, 0) is 27.2 Å². The van der Waals surface area contributed by atoms with E-state index in [2.05, 4.69) is 11.9 Å². The molecule has 9 heteroatoms. The van der Waals surface area contributed by atoms with Crippen LogP contribution in [0.5, 0.6) is 5.75 Å². The molecule has 0 fully saturated rings. The topological polar surface area (TPSA) is 98.3 Å². The number of imide groups is 1. The second-order valence-electron chi connectivity index (χ2n) is 13.4. The number of ether oxygens (including phenoxy) is 3. The number of hydrogen-bond acceptors (Lipinski definition) is 8. The van der Waals surface area contributed by atoms with E-state index in [9.17, 15) is 14.4 Å². The van der Waals surface area contributed by atoms with Crippen molar-refractivity contribution in [3.63, 3.8) is 0 Å². The van der Waals surface area contributed by atoms with Gasteiger partial charge in [-0.1, -0.05) is 119 Å². The number of aromatic nitrogens is 1. The number of esters is 1. The molecule has 0 radical (unpaired) electrons. The smallest absolute Gasteiger partial charge is 0.311 e. The van der Waals surface area contributed by atoms with Gasteiger partial charge in [0.2, 0.25) is 6.79 Å². The number of rotatable bonds is 18. The minimum Gasteiger partial charge on any atom is -0.462 e. The van der Waals surface area contributed by atoms with Crippen molar-refractivity contribution in [1.29, 1.82) is 0 Å². The molecule has 2 amide bonds.